The van der Waals surface area contributed by atoms with Gasteiger partial charge in [0, 0.05) is 6.42 Å². The van der Waals surface area contributed by atoms with Crippen LogP contribution >= 0.6 is 12.4 Å². The molecule has 0 saturated carbocycles. The summed E-state index contributed by atoms with van der Waals surface area (Å²) in [7, 11) is 0. The molecule has 2 unspecified atom stereocenters. The maximum Gasteiger partial charge on any atom is 0.262 e. The minimum absolute atomic E-state index is 0. The van der Waals surface area contributed by atoms with Gasteiger partial charge in [0.15, 0.2) is 0 Å². The van der Waals surface area contributed by atoms with Gasteiger partial charge in [-0.15, -0.1) is 12.4 Å². The second-order valence-electron chi connectivity index (χ2n) is 5.44. The molecule has 3 nitrogen and oxygen atoms in total. The third-order valence-corrected chi connectivity index (χ3v) is 3.93. The fourth-order valence-corrected chi connectivity index (χ4v) is 2.91. The topological polar surface area (TPSA) is 41.1 Å². The van der Waals surface area contributed by atoms with Gasteiger partial charge >= 0.3 is 0 Å². The highest BCUT2D eigenvalue weighted by molar-refractivity contribution is 5.85. The van der Waals surface area contributed by atoms with Crippen molar-refractivity contribution in [3.05, 3.63) is 35.1 Å². The Morgan fingerprint density at radius 1 is 1.38 bits per heavy atom. The molecule has 1 aliphatic heterocycles. The first-order valence-electron chi connectivity index (χ1n) is 6.64. The van der Waals surface area contributed by atoms with Gasteiger partial charge in [0.25, 0.3) is 5.92 Å². The predicted octanol–water partition coefficient (Wildman–Crippen LogP) is 2.35. The number of aryl methyl sites for hydroxylation is 1. The molecule has 1 aromatic rings. The first kappa shape index (κ1) is 16.1. The molecule has 0 bridgehead atoms. The molecule has 0 spiro atoms. The van der Waals surface area contributed by atoms with Gasteiger partial charge in [-0.2, -0.15) is 0 Å². The number of rotatable bonds is 2. The number of halogens is 4. The van der Waals surface area contributed by atoms with Gasteiger partial charge in [0.1, 0.15) is 5.82 Å². The molecule has 1 aromatic carbocycles. The van der Waals surface area contributed by atoms with E-state index in [2.05, 4.69) is 10.6 Å². The summed E-state index contributed by atoms with van der Waals surface area (Å²) < 4.78 is 39.2. The summed E-state index contributed by atoms with van der Waals surface area (Å²) in [6.45, 7) is -0.461. The summed E-state index contributed by atoms with van der Waals surface area (Å²) in [5.74, 6) is -3.53. The van der Waals surface area contributed by atoms with E-state index in [-0.39, 0.29) is 24.3 Å². The van der Waals surface area contributed by atoms with Crippen molar-refractivity contribution in [1.29, 1.82) is 0 Å². The fourth-order valence-electron chi connectivity index (χ4n) is 2.91. The lowest BCUT2D eigenvalue weighted by Crippen LogP contribution is -2.41. The number of benzene rings is 1. The maximum absolute atomic E-state index is 13.1. The van der Waals surface area contributed by atoms with Crippen LogP contribution in [0.1, 0.15) is 30.0 Å². The second-order valence-corrected chi connectivity index (χ2v) is 5.44. The Morgan fingerprint density at radius 2 is 2.14 bits per heavy atom. The van der Waals surface area contributed by atoms with Crippen LogP contribution in [0.4, 0.5) is 13.2 Å². The van der Waals surface area contributed by atoms with E-state index in [1.54, 1.807) is 6.07 Å². The number of carbonyl (C=O) groups is 1. The molecule has 21 heavy (non-hydrogen) atoms. The third-order valence-electron chi connectivity index (χ3n) is 3.93. The van der Waals surface area contributed by atoms with Gasteiger partial charge < -0.3 is 5.32 Å². The highest BCUT2D eigenvalue weighted by Crippen LogP contribution is 2.32. The summed E-state index contributed by atoms with van der Waals surface area (Å²) in [5.41, 5.74) is 1.75. The number of fused-ring (bicyclic) bond motifs is 1. The quantitative estimate of drug-likeness (QED) is 0.878. The average Bonchev–Trinajstić information content (AvgIpc) is 2.93. The summed E-state index contributed by atoms with van der Waals surface area (Å²) in [6.07, 6.45) is 0.891. The smallest absolute Gasteiger partial charge is 0.262 e. The molecule has 1 aliphatic carbocycles. The van der Waals surface area contributed by atoms with E-state index in [1.165, 1.54) is 12.1 Å². The van der Waals surface area contributed by atoms with E-state index < -0.39 is 30.8 Å². The van der Waals surface area contributed by atoms with Gasteiger partial charge in [-0.05, 0) is 36.1 Å². The van der Waals surface area contributed by atoms with E-state index in [1.807, 2.05) is 0 Å². The maximum atomic E-state index is 13.1. The van der Waals surface area contributed by atoms with Crippen LogP contribution in [0, 0.1) is 5.82 Å². The molecule has 3 rings (SSSR count). The van der Waals surface area contributed by atoms with Crippen LogP contribution in [0.25, 0.3) is 0 Å². The zero-order valence-corrected chi connectivity index (χ0v) is 12.0. The van der Waals surface area contributed by atoms with Crippen LogP contribution in [0.2, 0.25) is 0 Å². The first-order valence-corrected chi connectivity index (χ1v) is 6.64. The molecule has 0 aromatic heterocycles. The summed E-state index contributed by atoms with van der Waals surface area (Å²) in [5, 5.41) is 5.31. The zero-order chi connectivity index (χ0) is 14.3. The van der Waals surface area contributed by atoms with Crippen molar-refractivity contribution in [1.82, 2.24) is 10.6 Å². The minimum atomic E-state index is -2.82. The Morgan fingerprint density at radius 3 is 2.81 bits per heavy atom. The van der Waals surface area contributed by atoms with Gasteiger partial charge in [-0.25, -0.2) is 13.2 Å². The highest BCUT2D eigenvalue weighted by Gasteiger charge is 2.42. The molecule has 116 valence electrons. The number of hydrogen-bond donors (Lipinski definition) is 2. The summed E-state index contributed by atoms with van der Waals surface area (Å²) in [6, 6.07) is 3.40. The Bertz CT molecular complexity index is 553. The van der Waals surface area contributed by atoms with Crippen molar-refractivity contribution in [2.75, 3.05) is 6.54 Å². The van der Waals surface area contributed by atoms with Gasteiger partial charge in [-0.3, -0.25) is 10.1 Å². The normalized spacial score (nSPS) is 26.0. The van der Waals surface area contributed by atoms with Crippen molar-refractivity contribution in [3.8, 4) is 0 Å². The fraction of sp³-hybridized carbons (Fsp3) is 0.500. The van der Waals surface area contributed by atoms with E-state index in [9.17, 15) is 18.0 Å². The third kappa shape index (κ3) is 3.32. The van der Waals surface area contributed by atoms with E-state index >= 15 is 0 Å². The lowest BCUT2D eigenvalue weighted by molar-refractivity contribution is -0.124. The van der Waals surface area contributed by atoms with E-state index in [0.717, 1.165) is 11.1 Å². The number of nitrogens with one attached hydrogen (secondary N) is 2. The predicted molar refractivity (Wildman–Crippen MR) is 74.2 cm³/mol. The van der Waals surface area contributed by atoms with Crippen LogP contribution in [0.15, 0.2) is 18.2 Å². The van der Waals surface area contributed by atoms with Crippen molar-refractivity contribution in [3.63, 3.8) is 0 Å². The first-order chi connectivity index (χ1) is 9.44. The molecular weight excluding hydrogens is 305 g/mol. The molecule has 2 N–H and O–H groups in total. The lowest BCUT2D eigenvalue weighted by atomic mass is 10.1. The Hall–Kier alpha value is -1.27. The monoisotopic (exact) mass is 320 g/mol. The lowest BCUT2D eigenvalue weighted by Gasteiger charge is -2.17. The average molecular weight is 321 g/mol. The Balaban J connectivity index is 0.00000161. The van der Waals surface area contributed by atoms with Gasteiger partial charge in [0.2, 0.25) is 5.91 Å². The Labute approximate surface area is 126 Å². The molecule has 2 aliphatic rings. The molecule has 2 atom stereocenters. The Kier molecular flexibility index (Phi) is 4.49. The van der Waals surface area contributed by atoms with E-state index in [4.69, 9.17) is 0 Å². The molecule has 0 radical (unpaired) electrons. The molecule has 1 amide bonds. The molecule has 1 fully saturated rings. The zero-order valence-electron chi connectivity index (χ0n) is 11.2. The van der Waals surface area contributed by atoms with Crippen LogP contribution in [0.3, 0.4) is 0 Å². The largest absolute Gasteiger partial charge is 0.348 e. The summed E-state index contributed by atoms with van der Waals surface area (Å²) in [4.78, 5) is 12.0. The standard InChI is InChI=1S/C14H15F3N2O.ClH/c15-9-2-3-10-8(5-9)1-4-11(10)19-13(20)12-6-14(16,17)7-18-12;/h2-3,5,11-12,18H,1,4,6-7H2,(H,19,20);1H. The molecule has 1 heterocycles. The van der Waals surface area contributed by atoms with Gasteiger partial charge in [-0.1, -0.05) is 6.07 Å². The van der Waals surface area contributed by atoms with Gasteiger partial charge in [0.05, 0.1) is 18.6 Å². The number of alkyl halides is 2. The minimum Gasteiger partial charge on any atom is -0.348 e. The number of carbonyl (C=O) groups excluding carboxylic acids is 1. The van der Waals surface area contributed by atoms with E-state index in [0.29, 0.717) is 12.8 Å². The molecular formula is C14H16ClF3N2O. The van der Waals surface area contributed by atoms with Crippen molar-refractivity contribution >= 4 is 18.3 Å². The van der Waals surface area contributed by atoms with Crippen molar-refractivity contribution in [2.45, 2.75) is 37.3 Å². The number of amides is 1. The van der Waals surface area contributed by atoms with Crippen LogP contribution < -0.4 is 10.6 Å². The second kappa shape index (κ2) is 5.85. The van der Waals surface area contributed by atoms with Crippen LogP contribution in [0.5, 0.6) is 0 Å². The van der Waals surface area contributed by atoms with Crippen LogP contribution in [-0.2, 0) is 11.2 Å². The van der Waals surface area contributed by atoms with Crippen LogP contribution in [-0.4, -0.2) is 24.4 Å². The SMILES string of the molecule is Cl.O=C(NC1CCc2cc(F)ccc21)C1CC(F)(F)CN1. The van der Waals surface area contributed by atoms with Crippen molar-refractivity contribution in [2.24, 2.45) is 0 Å². The molecule has 1 saturated heterocycles. The van der Waals surface area contributed by atoms with Crippen molar-refractivity contribution < 1.29 is 18.0 Å². The summed E-state index contributed by atoms with van der Waals surface area (Å²) >= 11 is 0. The number of hydrogen-bond acceptors (Lipinski definition) is 2. The highest BCUT2D eigenvalue weighted by atomic mass is 35.5. The molecule has 7 heteroatoms.